The molecule has 0 aliphatic rings. The van der Waals surface area contributed by atoms with Crippen molar-refractivity contribution in [2.24, 2.45) is 7.05 Å². The van der Waals surface area contributed by atoms with Gasteiger partial charge < -0.3 is 14.8 Å². The van der Waals surface area contributed by atoms with Gasteiger partial charge in [0.15, 0.2) is 0 Å². The third-order valence-corrected chi connectivity index (χ3v) is 4.66. The van der Waals surface area contributed by atoms with E-state index in [4.69, 9.17) is 9.47 Å². The largest absolute Gasteiger partial charge is 0.462 e. The Morgan fingerprint density at radius 1 is 1.22 bits per heavy atom. The van der Waals surface area contributed by atoms with Gasteiger partial charge in [-0.2, -0.15) is 5.10 Å². The van der Waals surface area contributed by atoms with Gasteiger partial charge in [0.25, 0.3) is 0 Å². The first-order valence-electron chi connectivity index (χ1n) is 8.32. The van der Waals surface area contributed by atoms with Crippen molar-refractivity contribution >= 4 is 40.3 Å². The molecule has 1 amide bonds. The summed E-state index contributed by atoms with van der Waals surface area (Å²) in [5, 5.41) is 6.90. The van der Waals surface area contributed by atoms with Crippen LogP contribution < -0.4 is 5.32 Å². The van der Waals surface area contributed by atoms with Crippen LogP contribution in [0.2, 0.25) is 0 Å². The minimum atomic E-state index is -0.603. The SMILES string of the molecule is CCOC(=O)c1sc(NC(=O)/C=C\c2cnn(C)c2)c(C(=O)OCC)c1C. The van der Waals surface area contributed by atoms with Crippen molar-refractivity contribution in [3.8, 4) is 0 Å². The summed E-state index contributed by atoms with van der Waals surface area (Å²) in [7, 11) is 1.77. The van der Waals surface area contributed by atoms with E-state index >= 15 is 0 Å². The zero-order valence-corrected chi connectivity index (χ0v) is 16.4. The number of carbonyl (C=O) groups excluding carboxylic acids is 3. The number of rotatable bonds is 7. The lowest BCUT2D eigenvalue weighted by Gasteiger charge is -2.05. The molecule has 2 aromatic heterocycles. The van der Waals surface area contributed by atoms with Crippen molar-refractivity contribution in [2.75, 3.05) is 18.5 Å². The smallest absolute Gasteiger partial charge is 0.348 e. The second kappa shape index (κ2) is 9.13. The van der Waals surface area contributed by atoms with E-state index in [1.54, 1.807) is 51.0 Å². The molecular formula is C18H21N3O5S. The summed E-state index contributed by atoms with van der Waals surface area (Å²) in [6.07, 6.45) is 6.29. The minimum absolute atomic E-state index is 0.160. The topological polar surface area (TPSA) is 99.5 Å². The summed E-state index contributed by atoms with van der Waals surface area (Å²) < 4.78 is 11.7. The maximum absolute atomic E-state index is 12.3. The number of aromatic nitrogens is 2. The van der Waals surface area contributed by atoms with Crippen LogP contribution in [0, 0.1) is 6.92 Å². The van der Waals surface area contributed by atoms with Gasteiger partial charge in [-0.15, -0.1) is 11.3 Å². The number of aryl methyl sites for hydroxylation is 1. The molecule has 9 heteroatoms. The van der Waals surface area contributed by atoms with Crippen LogP contribution >= 0.6 is 11.3 Å². The van der Waals surface area contributed by atoms with Crippen LogP contribution in [0.1, 0.15) is 45.0 Å². The van der Waals surface area contributed by atoms with Crippen molar-refractivity contribution in [3.05, 3.63) is 40.0 Å². The molecule has 8 nitrogen and oxygen atoms in total. The van der Waals surface area contributed by atoms with Gasteiger partial charge in [0.2, 0.25) is 5.91 Å². The quantitative estimate of drug-likeness (QED) is 0.575. The molecule has 0 fully saturated rings. The maximum Gasteiger partial charge on any atom is 0.348 e. The molecule has 0 aliphatic heterocycles. The first-order valence-corrected chi connectivity index (χ1v) is 9.14. The molecule has 2 heterocycles. The number of esters is 2. The summed E-state index contributed by atoms with van der Waals surface area (Å²) in [5.41, 5.74) is 1.34. The zero-order valence-electron chi connectivity index (χ0n) is 15.6. The van der Waals surface area contributed by atoms with Crippen LogP contribution in [0.3, 0.4) is 0 Å². The van der Waals surface area contributed by atoms with Gasteiger partial charge in [0, 0.05) is 24.9 Å². The average molecular weight is 391 g/mol. The number of hydrogen-bond donors (Lipinski definition) is 1. The fourth-order valence-electron chi connectivity index (χ4n) is 2.29. The minimum Gasteiger partial charge on any atom is -0.462 e. The summed E-state index contributed by atoms with van der Waals surface area (Å²) in [6, 6.07) is 0. The van der Waals surface area contributed by atoms with Crippen LogP contribution in [-0.4, -0.2) is 40.8 Å². The number of thiophene rings is 1. The van der Waals surface area contributed by atoms with Gasteiger partial charge in [-0.05, 0) is 32.4 Å². The molecule has 0 spiro atoms. The Morgan fingerprint density at radius 3 is 2.48 bits per heavy atom. The molecular weight excluding hydrogens is 370 g/mol. The van der Waals surface area contributed by atoms with Crippen LogP contribution in [0.25, 0.3) is 6.08 Å². The second-order valence-electron chi connectivity index (χ2n) is 5.47. The highest BCUT2D eigenvalue weighted by molar-refractivity contribution is 7.18. The molecule has 144 valence electrons. The van der Waals surface area contributed by atoms with E-state index in [1.807, 2.05) is 0 Å². The molecule has 0 unspecified atom stereocenters. The van der Waals surface area contributed by atoms with Crippen molar-refractivity contribution in [1.82, 2.24) is 9.78 Å². The van der Waals surface area contributed by atoms with Gasteiger partial charge in [-0.1, -0.05) is 0 Å². The van der Waals surface area contributed by atoms with E-state index in [1.165, 1.54) is 6.08 Å². The normalized spacial score (nSPS) is 10.8. The molecule has 0 aromatic carbocycles. The Labute approximate surface area is 160 Å². The van der Waals surface area contributed by atoms with Crippen LogP contribution in [0.15, 0.2) is 18.5 Å². The molecule has 0 saturated heterocycles. The van der Waals surface area contributed by atoms with Crippen molar-refractivity contribution < 1.29 is 23.9 Å². The standard InChI is InChI=1S/C18H21N3O5S/c1-5-25-17(23)14-11(3)15(18(24)26-6-2)27-16(14)20-13(22)8-7-12-9-19-21(4)10-12/h7-10H,5-6H2,1-4H3,(H,20,22)/b8-7-. The molecule has 0 radical (unpaired) electrons. The van der Waals surface area contributed by atoms with Crippen molar-refractivity contribution in [1.29, 1.82) is 0 Å². The summed E-state index contributed by atoms with van der Waals surface area (Å²) >= 11 is 0.985. The lowest BCUT2D eigenvalue weighted by Crippen LogP contribution is -2.12. The Hall–Kier alpha value is -2.94. The summed E-state index contributed by atoms with van der Waals surface area (Å²) in [5.74, 6) is -1.59. The monoisotopic (exact) mass is 391 g/mol. The predicted octanol–water partition coefficient (Wildman–Crippen LogP) is 2.80. The van der Waals surface area contributed by atoms with Crippen LogP contribution in [0.5, 0.6) is 0 Å². The van der Waals surface area contributed by atoms with E-state index in [0.717, 1.165) is 16.9 Å². The first-order chi connectivity index (χ1) is 12.9. The highest BCUT2D eigenvalue weighted by Gasteiger charge is 2.26. The number of carbonyl (C=O) groups is 3. The lowest BCUT2D eigenvalue weighted by molar-refractivity contribution is -0.111. The van der Waals surface area contributed by atoms with E-state index < -0.39 is 17.8 Å². The van der Waals surface area contributed by atoms with Crippen molar-refractivity contribution in [3.63, 3.8) is 0 Å². The second-order valence-corrected chi connectivity index (χ2v) is 6.49. The Bertz CT molecular complexity index is 882. The zero-order chi connectivity index (χ0) is 20.0. The summed E-state index contributed by atoms with van der Waals surface area (Å²) in [6.45, 7) is 5.38. The summed E-state index contributed by atoms with van der Waals surface area (Å²) in [4.78, 5) is 36.9. The third-order valence-electron chi connectivity index (χ3n) is 3.48. The molecule has 0 aliphatic carbocycles. The highest BCUT2D eigenvalue weighted by Crippen LogP contribution is 2.34. The van der Waals surface area contributed by atoms with Gasteiger partial charge in [-0.25, -0.2) is 9.59 Å². The number of nitrogens with zero attached hydrogens (tertiary/aromatic N) is 2. The van der Waals surface area contributed by atoms with E-state index in [2.05, 4.69) is 10.4 Å². The number of anilines is 1. The molecule has 2 aromatic rings. The highest BCUT2D eigenvalue weighted by atomic mass is 32.1. The van der Waals surface area contributed by atoms with Gasteiger partial charge in [0.05, 0.1) is 25.0 Å². The molecule has 27 heavy (non-hydrogen) atoms. The van der Waals surface area contributed by atoms with E-state index in [9.17, 15) is 14.4 Å². The third kappa shape index (κ3) is 5.04. The average Bonchev–Trinajstić information content (AvgIpc) is 3.16. The molecule has 0 saturated carbocycles. The van der Waals surface area contributed by atoms with Crippen molar-refractivity contribution in [2.45, 2.75) is 20.8 Å². The number of amides is 1. The Balaban J connectivity index is 2.28. The molecule has 2 rings (SSSR count). The van der Waals surface area contributed by atoms with Gasteiger partial charge in [0.1, 0.15) is 9.88 Å². The molecule has 0 bridgehead atoms. The van der Waals surface area contributed by atoms with E-state index in [0.29, 0.717) is 5.56 Å². The number of hydrogen-bond acceptors (Lipinski definition) is 7. The fourth-order valence-corrected chi connectivity index (χ4v) is 3.39. The maximum atomic E-state index is 12.3. The van der Waals surface area contributed by atoms with Gasteiger partial charge >= 0.3 is 11.9 Å². The number of ether oxygens (including phenoxy) is 2. The van der Waals surface area contributed by atoms with E-state index in [-0.39, 0.29) is 28.7 Å². The van der Waals surface area contributed by atoms with Crippen LogP contribution in [-0.2, 0) is 21.3 Å². The number of nitrogens with one attached hydrogen (secondary N) is 1. The van der Waals surface area contributed by atoms with Gasteiger partial charge in [-0.3, -0.25) is 9.48 Å². The lowest BCUT2D eigenvalue weighted by atomic mass is 10.1. The molecule has 0 atom stereocenters. The molecule has 1 N–H and O–H groups in total. The predicted molar refractivity (Wildman–Crippen MR) is 102 cm³/mol. The Kier molecular flexibility index (Phi) is 6.89. The Morgan fingerprint density at radius 2 is 1.89 bits per heavy atom. The van der Waals surface area contributed by atoms with Crippen LogP contribution in [0.4, 0.5) is 5.00 Å². The fraction of sp³-hybridized carbons (Fsp3) is 0.333. The first kappa shape index (κ1) is 20.4.